The number of nitrogens with zero attached hydrogens (tertiary/aromatic N) is 3. The molecule has 7 atom stereocenters. The van der Waals surface area contributed by atoms with Crippen LogP contribution in [0, 0.1) is 0 Å². The molecule has 0 spiro atoms. The first kappa shape index (κ1) is 59.1. The van der Waals surface area contributed by atoms with Crippen LogP contribution in [-0.4, -0.2) is 142 Å². The number of nitrogens with two attached hydrogens (primary N) is 1. The lowest BCUT2D eigenvalue weighted by Crippen LogP contribution is -2.57. The van der Waals surface area contributed by atoms with Crippen LogP contribution in [0.4, 0.5) is 11.9 Å². The van der Waals surface area contributed by atoms with Crippen molar-refractivity contribution >= 4 is 82.6 Å². The van der Waals surface area contributed by atoms with E-state index in [2.05, 4.69) is 73.4 Å². The summed E-state index contributed by atoms with van der Waals surface area (Å²) in [7, 11) is 0. The van der Waals surface area contributed by atoms with Crippen LogP contribution >= 0.6 is 11.6 Å². The van der Waals surface area contributed by atoms with Crippen molar-refractivity contribution in [1.82, 2.24) is 62.8 Å². The quantitative estimate of drug-likeness (QED) is 0.0901. The van der Waals surface area contributed by atoms with Crippen LogP contribution in [0.3, 0.4) is 0 Å². The molecule has 2 heterocycles. The molecular formula is C51H64ClN15O10. The molecule has 1 aromatic heterocycles. The molecule has 1 aliphatic rings. The van der Waals surface area contributed by atoms with E-state index in [9.17, 15) is 47.9 Å². The summed E-state index contributed by atoms with van der Waals surface area (Å²) >= 11 is 6.17. The van der Waals surface area contributed by atoms with Gasteiger partial charge in [0.25, 0.3) is 0 Å². The molecule has 13 N–H and O–H groups in total. The molecule has 0 fully saturated rings. The maximum atomic E-state index is 13.8. The van der Waals surface area contributed by atoms with E-state index in [1.54, 1.807) is 91.0 Å². The normalized spacial score (nSPS) is 21.9. The van der Waals surface area contributed by atoms with Gasteiger partial charge in [-0.2, -0.15) is 15.0 Å². The van der Waals surface area contributed by atoms with Crippen molar-refractivity contribution in [2.45, 2.75) is 102 Å². The minimum absolute atomic E-state index is 0.00446. The average Bonchev–Trinajstić information content (AvgIpc) is 3.40. The Kier molecular flexibility index (Phi) is 23.0. The van der Waals surface area contributed by atoms with Crippen LogP contribution in [0.1, 0.15) is 56.7 Å². The lowest BCUT2D eigenvalue weighted by molar-refractivity contribution is -0.134. The number of benzene rings is 3. The predicted octanol–water partition coefficient (Wildman–Crippen LogP) is -1.57. The maximum absolute atomic E-state index is 13.8. The van der Waals surface area contributed by atoms with Crippen LogP contribution in [0.25, 0.3) is 0 Å². The van der Waals surface area contributed by atoms with E-state index < -0.39 is 121 Å². The third-order valence-corrected chi connectivity index (χ3v) is 12.0. The molecule has 1 aliphatic heterocycles. The van der Waals surface area contributed by atoms with Crippen molar-refractivity contribution in [2.24, 2.45) is 5.73 Å². The second-order valence-electron chi connectivity index (χ2n) is 18.0. The number of rotatable bonds is 9. The number of amides is 10. The summed E-state index contributed by atoms with van der Waals surface area (Å²) in [5, 5.41) is 28.4. The number of aromatic nitrogens is 3. The summed E-state index contributed by atoms with van der Waals surface area (Å²) in [6.45, 7) is 2.66. The zero-order valence-electron chi connectivity index (χ0n) is 42.7. The lowest BCUT2D eigenvalue weighted by atomic mass is 10.0. The summed E-state index contributed by atoms with van der Waals surface area (Å²) in [5.41, 5.74) is 7.72. The van der Waals surface area contributed by atoms with Gasteiger partial charge in [-0.15, -0.1) is 0 Å². The zero-order valence-corrected chi connectivity index (χ0v) is 43.4. The number of fused-ring (bicyclic) bond motifs is 2. The summed E-state index contributed by atoms with van der Waals surface area (Å²) in [5.74, 6) is -7.66. The van der Waals surface area contributed by atoms with Gasteiger partial charge in [-0.3, -0.25) is 47.9 Å². The predicted molar refractivity (Wildman–Crippen MR) is 282 cm³/mol. The standard InChI is InChI=1S/C51H64ClN15O10/c1-29-43(72)61-35(48(77)62-36(42(53)71)23-32-15-7-4-8-16-32)21-13-14-22-54-50-65-49(52)66-51(67-50)57-28-41(70)60-31(3)45(74)64-38(25-34-19-11-6-12-20-34)47(76)56-27-40(69)59-30(2)44(73)63-37(24-33-17-9-5-10-18-33)46(75)55-26-39(68)58-29/h4-12,15-20,29-31,35-38H,13-14,21-28H2,1-3H3,(H2,53,71)(H,55,75)(H,56,76)(H,58,68)(H,59,69)(H,60,70)(H,61,72)(H,62,77)(H,63,73)(H,64,74)(H2,54,57,65,66,67)/t29-,30-,31-,35-,36-,37-,38-/m0/s1. The number of hydrogen-bond donors (Lipinski definition) is 12. The molecule has 77 heavy (non-hydrogen) atoms. The van der Waals surface area contributed by atoms with Crippen LogP contribution in [0.15, 0.2) is 91.0 Å². The highest BCUT2D eigenvalue weighted by Crippen LogP contribution is 2.12. The van der Waals surface area contributed by atoms with E-state index in [0.29, 0.717) is 29.5 Å². The van der Waals surface area contributed by atoms with Crippen molar-refractivity contribution in [3.05, 3.63) is 113 Å². The Morgan fingerprint density at radius 1 is 0.545 bits per heavy atom. The monoisotopic (exact) mass is 1080 g/mol. The van der Waals surface area contributed by atoms with Crippen LogP contribution in [-0.2, 0) is 67.2 Å². The van der Waals surface area contributed by atoms with E-state index >= 15 is 0 Å². The SMILES string of the molecule is C[C@@H]1NC(=O)CNC(=O)[C@H](Cc2ccccc2)NC(=O)[C@H](C)NC(=O)CNc2nc(Cl)nc(n2)NCCCC[C@@H](C(=O)N[C@@H](Cc2ccccc2)C(N)=O)NC(=O)[C@H](C)NC(=O)CNC(=O)[C@H](Cc2ccccc2)NC1=O. The minimum atomic E-state index is -1.26. The molecule has 0 radical (unpaired) electrons. The largest absolute Gasteiger partial charge is 0.368 e. The molecule has 10 amide bonds. The molecule has 3 aromatic carbocycles. The van der Waals surface area contributed by atoms with E-state index in [0.717, 1.165) is 0 Å². The first-order chi connectivity index (χ1) is 36.8. The first-order valence-corrected chi connectivity index (χ1v) is 25.2. The van der Waals surface area contributed by atoms with E-state index in [1.165, 1.54) is 20.8 Å². The molecule has 0 saturated carbocycles. The van der Waals surface area contributed by atoms with Gasteiger partial charge in [-0.25, -0.2) is 0 Å². The van der Waals surface area contributed by atoms with Gasteiger partial charge in [0.2, 0.25) is 76.3 Å². The number of primary amides is 1. The van der Waals surface area contributed by atoms with Crippen LogP contribution in [0.5, 0.6) is 0 Å². The molecular weight excluding hydrogens is 1020 g/mol. The minimum Gasteiger partial charge on any atom is -0.368 e. The van der Waals surface area contributed by atoms with Crippen molar-refractivity contribution < 1.29 is 47.9 Å². The highest BCUT2D eigenvalue weighted by molar-refractivity contribution is 6.28. The van der Waals surface area contributed by atoms with Crippen LogP contribution in [0.2, 0.25) is 5.28 Å². The first-order valence-electron chi connectivity index (χ1n) is 24.8. The van der Waals surface area contributed by atoms with Gasteiger partial charge in [-0.1, -0.05) is 91.0 Å². The Morgan fingerprint density at radius 3 is 1.42 bits per heavy atom. The Morgan fingerprint density at radius 2 is 0.961 bits per heavy atom. The van der Waals surface area contributed by atoms with E-state index in [-0.39, 0.29) is 49.4 Å². The number of hydrogen-bond acceptors (Lipinski definition) is 15. The van der Waals surface area contributed by atoms with Crippen molar-refractivity contribution in [1.29, 1.82) is 0 Å². The average molecular weight is 1080 g/mol. The number of carbonyl (C=O) groups is 10. The number of carbonyl (C=O) groups excluding carboxylic acids is 10. The molecule has 410 valence electrons. The smallest absolute Gasteiger partial charge is 0.243 e. The van der Waals surface area contributed by atoms with Crippen molar-refractivity contribution in [3.8, 4) is 0 Å². The van der Waals surface area contributed by atoms with Crippen LogP contribution < -0.4 is 64.2 Å². The Bertz CT molecular complexity index is 2710. The molecule has 0 saturated heterocycles. The molecule has 5 rings (SSSR count). The third kappa shape index (κ3) is 20.5. The van der Waals surface area contributed by atoms with Gasteiger partial charge < -0.3 is 64.2 Å². The van der Waals surface area contributed by atoms with Gasteiger partial charge >= 0.3 is 0 Å². The second-order valence-corrected chi connectivity index (χ2v) is 18.4. The fourth-order valence-corrected chi connectivity index (χ4v) is 7.78. The van der Waals surface area contributed by atoms with Crippen molar-refractivity contribution in [2.75, 3.05) is 36.8 Å². The maximum Gasteiger partial charge on any atom is 0.243 e. The van der Waals surface area contributed by atoms with Gasteiger partial charge in [0.05, 0.1) is 19.6 Å². The Labute approximate surface area is 449 Å². The second kappa shape index (κ2) is 30.0. The summed E-state index contributed by atoms with van der Waals surface area (Å²) in [6, 6.07) is 17.7. The number of halogens is 1. The highest BCUT2D eigenvalue weighted by Gasteiger charge is 2.30. The fourth-order valence-electron chi connectivity index (χ4n) is 7.62. The topological polar surface area (TPSA) is 368 Å². The fraction of sp³-hybridized carbons (Fsp3) is 0.392. The molecule has 0 unspecified atom stereocenters. The highest BCUT2D eigenvalue weighted by atomic mass is 35.5. The molecule has 4 aromatic rings. The molecule has 0 aliphatic carbocycles. The van der Waals surface area contributed by atoms with Gasteiger partial charge in [-0.05, 0) is 68.3 Å². The Hall–Kier alpha value is -8.74. The Balaban J connectivity index is 1.34. The van der Waals surface area contributed by atoms with E-state index in [4.69, 9.17) is 17.3 Å². The number of anilines is 2. The van der Waals surface area contributed by atoms with Gasteiger partial charge in [0, 0.05) is 25.8 Å². The zero-order chi connectivity index (χ0) is 55.9. The van der Waals surface area contributed by atoms with Gasteiger partial charge in [0.1, 0.15) is 42.3 Å². The molecule has 2 bridgehead atoms. The lowest BCUT2D eigenvalue weighted by Gasteiger charge is -2.24. The molecule has 25 nitrogen and oxygen atoms in total. The summed E-state index contributed by atoms with van der Waals surface area (Å²) in [6.07, 6.45) is 0.760. The summed E-state index contributed by atoms with van der Waals surface area (Å²) in [4.78, 5) is 146. The van der Waals surface area contributed by atoms with Crippen molar-refractivity contribution in [3.63, 3.8) is 0 Å². The number of nitrogens with one attached hydrogen (secondary N) is 11. The summed E-state index contributed by atoms with van der Waals surface area (Å²) < 4.78 is 0. The van der Waals surface area contributed by atoms with Gasteiger partial charge in [0.15, 0.2) is 0 Å². The molecule has 26 heteroatoms. The van der Waals surface area contributed by atoms with E-state index in [1.807, 2.05) is 0 Å². The third-order valence-electron chi connectivity index (χ3n) is 11.8.